The van der Waals surface area contributed by atoms with E-state index in [-0.39, 0.29) is 0 Å². The number of aromatic nitrogens is 3. The van der Waals surface area contributed by atoms with Gasteiger partial charge in [-0.05, 0) is 51.7 Å². The van der Waals surface area contributed by atoms with Gasteiger partial charge in [0, 0.05) is 38.2 Å². The van der Waals surface area contributed by atoms with Gasteiger partial charge in [0.05, 0.1) is 13.2 Å². The van der Waals surface area contributed by atoms with Crippen LogP contribution < -0.4 is 5.73 Å². The van der Waals surface area contributed by atoms with Crippen LogP contribution in [0.4, 0.5) is 0 Å². The van der Waals surface area contributed by atoms with Crippen LogP contribution in [-0.4, -0.2) is 76.5 Å². The molecule has 0 bridgehead atoms. The van der Waals surface area contributed by atoms with Gasteiger partial charge in [0.15, 0.2) is 0 Å². The van der Waals surface area contributed by atoms with Gasteiger partial charge in [-0.25, -0.2) is 0 Å². The first-order valence-corrected chi connectivity index (χ1v) is 9.87. The predicted octanol–water partition coefficient (Wildman–Crippen LogP) is 0.799. The minimum atomic E-state index is 0.333. The van der Waals surface area contributed by atoms with Gasteiger partial charge in [-0.1, -0.05) is 0 Å². The number of nitrogens with zero attached hydrogens (tertiary/aromatic N) is 5. The first-order chi connectivity index (χ1) is 12.2. The molecule has 1 aromatic rings. The van der Waals surface area contributed by atoms with E-state index < -0.39 is 0 Å². The summed E-state index contributed by atoms with van der Waals surface area (Å²) in [5.74, 6) is 2.69. The molecule has 4 rings (SSSR count). The number of fused-ring (bicyclic) bond motifs is 1. The Labute approximate surface area is 150 Å². The van der Waals surface area contributed by atoms with E-state index in [1.807, 2.05) is 0 Å². The normalized spacial score (nSPS) is 30.9. The van der Waals surface area contributed by atoms with Crippen molar-refractivity contribution in [1.82, 2.24) is 24.6 Å². The predicted molar refractivity (Wildman–Crippen MR) is 96.3 cm³/mol. The zero-order chi connectivity index (χ0) is 17.2. The highest BCUT2D eigenvalue weighted by atomic mass is 16.5. The van der Waals surface area contributed by atoms with E-state index >= 15 is 0 Å². The van der Waals surface area contributed by atoms with E-state index in [4.69, 9.17) is 10.5 Å². The molecule has 1 aromatic heterocycles. The molecular formula is C18H32N6O. The molecule has 2 N–H and O–H groups in total. The van der Waals surface area contributed by atoms with E-state index in [1.54, 1.807) is 7.11 Å². The van der Waals surface area contributed by atoms with Crippen molar-refractivity contribution < 1.29 is 4.74 Å². The Morgan fingerprint density at radius 2 is 2.00 bits per heavy atom. The van der Waals surface area contributed by atoms with Crippen molar-refractivity contribution in [2.75, 3.05) is 39.9 Å². The third-order valence-electron chi connectivity index (χ3n) is 6.17. The SMILES string of the molecule is COCCn1c(CN2CCCN3CCC[C@H]3C2)nnc1C1CC(N)C1. The fraction of sp³-hybridized carbons (Fsp3) is 0.889. The molecule has 1 aliphatic carbocycles. The summed E-state index contributed by atoms with van der Waals surface area (Å²) < 4.78 is 7.63. The van der Waals surface area contributed by atoms with E-state index in [1.165, 1.54) is 38.9 Å². The van der Waals surface area contributed by atoms with Crippen LogP contribution in [0.15, 0.2) is 0 Å². The topological polar surface area (TPSA) is 72.4 Å². The molecule has 0 unspecified atom stereocenters. The average Bonchev–Trinajstić information content (AvgIpc) is 3.12. The highest BCUT2D eigenvalue weighted by Crippen LogP contribution is 2.35. The third-order valence-corrected chi connectivity index (χ3v) is 6.17. The maximum atomic E-state index is 5.98. The second-order valence-electron chi connectivity index (χ2n) is 7.97. The molecule has 7 nitrogen and oxygen atoms in total. The molecular weight excluding hydrogens is 316 g/mol. The Morgan fingerprint density at radius 3 is 2.80 bits per heavy atom. The Bertz CT molecular complexity index is 570. The first-order valence-electron chi connectivity index (χ1n) is 9.87. The number of ether oxygens (including phenoxy) is 1. The Balaban J connectivity index is 1.47. The van der Waals surface area contributed by atoms with E-state index in [9.17, 15) is 0 Å². The molecule has 3 aliphatic rings. The van der Waals surface area contributed by atoms with Gasteiger partial charge < -0.3 is 15.0 Å². The van der Waals surface area contributed by atoms with Crippen molar-refractivity contribution in [3.05, 3.63) is 11.6 Å². The van der Waals surface area contributed by atoms with Gasteiger partial charge in [-0.3, -0.25) is 9.80 Å². The molecule has 7 heteroatoms. The van der Waals surface area contributed by atoms with Gasteiger partial charge in [0.2, 0.25) is 0 Å². The Kier molecular flexibility index (Phi) is 5.36. The van der Waals surface area contributed by atoms with Crippen molar-refractivity contribution in [1.29, 1.82) is 0 Å². The monoisotopic (exact) mass is 348 g/mol. The van der Waals surface area contributed by atoms with Gasteiger partial charge >= 0.3 is 0 Å². The summed E-state index contributed by atoms with van der Waals surface area (Å²) in [6, 6.07) is 1.07. The van der Waals surface area contributed by atoms with Crippen LogP contribution in [-0.2, 0) is 17.8 Å². The fourth-order valence-electron chi connectivity index (χ4n) is 4.69. The van der Waals surface area contributed by atoms with E-state index in [2.05, 4.69) is 24.6 Å². The largest absolute Gasteiger partial charge is 0.383 e. The zero-order valence-electron chi connectivity index (χ0n) is 15.4. The summed E-state index contributed by atoms with van der Waals surface area (Å²) in [4.78, 5) is 5.26. The molecule has 2 aliphatic heterocycles. The summed E-state index contributed by atoms with van der Waals surface area (Å²) in [6.07, 6.45) is 6.03. The van der Waals surface area contributed by atoms with E-state index in [0.29, 0.717) is 18.6 Å². The van der Waals surface area contributed by atoms with E-state index in [0.717, 1.165) is 50.2 Å². The molecule has 1 saturated carbocycles. The second-order valence-corrected chi connectivity index (χ2v) is 7.97. The third kappa shape index (κ3) is 3.74. The molecule has 140 valence electrons. The summed E-state index contributed by atoms with van der Waals surface area (Å²) >= 11 is 0. The van der Waals surface area contributed by atoms with Crippen LogP contribution in [0.25, 0.3) is 0 Å². The van der Waals surface area contributed by atoms with Crippen LogP contribution >= 0.6 is 0 Å². The van der Waals surface area contributed by atoms with Gasteiger partial charge in [-0.2, -0.15) is 0 Å². The highest BCUT2D eigenvalue weighted by molar-refractivity contribution is 5.09. The number of methoxy groups -OCH3 is 1. The van der Waals surface area contributed by atoms with Crippen LogP contribution in [0.3, 0.4) is 0 Å². The van der Waals surface area contributed by atoms with Gasteiger partial charge in [-0.15, -0.1) is 10.2 Å². The lowest BCUT2D eigenvalue weighted by molar-refractivity contribution is 0.178. The average molecular weight is 348 g/mol. The Hall–Kier alpha value is -1.02. The molecule has 0 spiro atoms. The smallest absolute Gasteiger partial charge is 0.147 e. The van der Waals surface area contributed by atoms with Gasteiger partial charge in [0.25, 0.3) is 0 Å². The van der Waals surface area contributed by atoms with Crippen LogP contribution in [0.2, 0.25) is 0 Å². The number of hydrogen-bond acceptors (Lipinski definition) is 6. The fourth-order valence-corrected chi connectivity index (χ4v) is 4.69. The van der Waals surface area contributed by atoms with Crippen molar-refractivity contribution in [3.63, 3.8) is 0 Å². The second kappa shape index (κ2) is 7.70. The van der Waals surface area contributed by atoms with Crippen LogP contribution in [0, 0.1) is 0 Å². The number of rotatable bonds is 6. The van der Waals surface area contributed by atoms with Crippen LogP contribution in [0.1, 0.15) is 49.7 Å². The van der Waals surface area contributed by atoms with Gasteiger partial charge in [0.1, 0.15) is 11.6 Å². The summed E-state index contributed by atoms with van der Waals surface area (Å²) in [5.41, 5.74) is 5.98. The molecule has 0 aromatic carbocycles. The number of nitrogens with two attached hydrogens (primary N) is 1. The standard InChI is InChI=1S/C18H32N6O/c1-25-9-8-24-17(20-21-18(24)14-10-15(19)11-14)13-22-5-3-7-23-6-2-4-16(23)12-22/h14-16H,2-13,19H2,1H3/t14?,15?,16-/m0/s1. The lowest BCUT2D eigenvalue weighted by Gasteiger charge is -2.32. The minimum Gasteiger partial charge on any atom is -0.383 e. The molecule has 1 atom stereocenters. The lowest BCUT2D eigenvalue weighted by Crippen LogP contribution is -2.37. The quantitative estimate of drug-likeness (QED) is 0.820. The molecule has 3 fully saturated rings. The summed E-state index contributed by atoms with van der Waals surface area (Å²) in [6.45, 7) is 7.31. The van der Waals surface area contributed by atoms with Crippen LogP contribution in [0.5, 0.6) is 0 Å². The summed E-state index contributed by atoms with van der Waals surface area (Å²) in [5, 5.41) is 9.11. The molecule has 25 heavy (non-hydrogen) atoms. The minimum absolute atomic E-state index is 0.333. The first kappa shape index (κ1) is 17.4. The molecule has 0 amide bonds. The Morgan fingerprint density at radius 1 is 1.16 bits per heavy atom. The maximum Gasteiger partial charge on any atom is 0.147 e. The summed E-state index contributed by atoms with van der Waals surface area (Å²) in [7, 11) is 1.76. The molecule has 2 saturated heterocycles. The zero-order valence-corrected chi connectivity index (χ0v) is 15.4. The van der Waals surface area contributed by atoms with Crippen molar-refractivity contribution in [3.8, 4) is 0 Å². The maximum absolute atomic E-state index is 5.98. The molecule has 0 radical (unpaired) electrons. The van der Waals surface area contributed by atoms with Crippen molar-refractivity contribution >= 4 is 0 Å². The number of hydrogen-bond donors (Lipinski definition) is 1. The molecule has 3 heterocycles. The lowest BCUT2D eigenvalue weighted by atomic mass is 9.80. The highest BCUT2D eigenvalue weighted by Gasteiger charge is 2.33. The van der Waals surface area contributed by atoms with Crippen molar-refractivity contribution in [2.24, 2.45) is 5.73 Å². The van der Waals surface area contributed by atoms with Crippen molar-refractivity contribution in [2.45, 2.75) is 63.2 Å².